The van der Waals surface area contributed by atoms with Gasteiger partial charge in [-0.2, -0.15) is 5.10 Å². The SMILES string of the molecule is COCc1nccc(NC2CCC(n3nc(C)ccc3=O)CC2)n1. The van der Waals surface area contributed by atoms with E-state index in [4.69, 9.17) is 4.74 Å². The topological polar surface area (TPSA) is 81.9 Å². The van der Waals surface area contributed by atoms with Gasteiger partial charge in [0.25, 0.3) is 5.56 Å². The van der Waals surface area contributed by atoms with Crippen molar-refractivity contribution < 1.29 is 4.74 Å². The molecule has 2 aromatic rings. The summed E-state index contributed by atoms with van der Waals surface area (Å²) < 4.78 is 6.71. The number of methoxy groups -OCH3 is 1. The second-order valence-corrected chi connectivity index (χ2v) is 6.20. The van der Waals surface area contributed by atoms with Gasteiger partial charge in [-0.25, -0.2) is 14.6 Å². The lowest BCUT2D eigenvalue weighted by Crippen LogP contribution is -2.33. The normalized spacial score (nSPS) is 20.8. The zero-order valence-electron chi connectivity index (χ0n) is 14.1. The third kappa shape index (κ3) is 3.97. The van der Waals surface area contributed by atoms with Gasteiger partial charge in [-0.05, 0) is 44.7 Å². The van der Waals surface area contributed by atoms with E-state index >= 15 is 0 Å². The van der Waals surface area contributed by atoms with Crippen molar-refractivity contribution in [1.29, 1.82) is 0 Å². The van der Waals surface area contributed by atoms with Gasteiger partial charge in [-0.1, -0.05) is 0 Å². The van der Waals surface area contributed by atoms with Crippen molar-refractivity contribution in [3.05, 3.63) is 46.3 Å². The third-order valence-electron chi connectivity index (χ3n) is 4.33. The van der Waals surface area contributed by atoms with Crippen LogP contribution in [0.1, 0.15) is 43.2 Å². The number of anilines is 1. The van der Waals surface area contributed by atoms with E-state index in [-0.39, 0.29) is 11.6 Å². The summed E-state index contributed by atoms with van der Waals surface area (Å²) in [6.45, 7) is 2.32. The molecule has 0 radical (unpaired) electrons. The van der Waals surface area contributed by atoms with E-state index in [0.29, 0.717) is 18.5 Å². The highest BCUT2D eigenvalue weighted by Gasteiger charge is 2.24. The zero-order chi connectivity index (χ0) is 16.9. The monoisotopic (exact) mass is 329 g/mol. The smallest absolute Gasteiger partial charge is 0.267 e. The summed E-state index contributed by atoms with van der Waals surface area (Å²) >= 11 is 0. The Bertz CT molecular complexity index is 738. The summed E-state index contributed by atoms with van der Waals surface area (Å²) in [6.07, 6.45) is 5.58. The number of nitrogens with one attached hydrogen (secondary N) is 1. The van der Waals surface area contributed by atoms with Crippen molar-refractivity contribution in [3.63, 3.8) is 0 Å². The van der Waals surface area contributed by atoms with E-state index < -0.39 is 0 Å². The largest absolute Gasteiger partial charge is 0.377 e. The van der Waals surface area contributed by atoms with Crippen molar-refractivity contribution in [2.45, 2.75) is 51.3 Å². The molecule has 24 heavy (non-hydrogen) atoms. The summed E-state index contributed by atoms with van der Waals surface area (Å²) in [6, 6.07) is 5.78. The van der Waals surface area contributed by atoms with E-state index in [2.05, 4.69) is 20.4 Å². The van der Waals surface area contributed by atoms with Crippen molar-refractivity contribution in [2.24, 2.45) is 0 Å². The Balaban J connectivity index is 1.60. The quantitative estimate of drug-likeness (QED) is 0.904. The van der Waals surface area contributed by atoms with Crippen LogP contribution in [0.2, 0.25) is 0 Å². The number of ether oxygens (including phenoxy) is 1. The second-order valence-electron chi connectivity index (χ2n) is 6.20. The van der Waals surface area contributed by atoms with E-state index in [1.807, 2.05) is 13.0 Å². The Morgan fingerprint density at radius 1 is 1.25 bits per heavy atom. The van der Waals surface area contributed by atoms with Gasteiger partial charge in [0, 0.05) is 25.4 Å². The molecule has 0 atom stereocenters. The van der Waals surface area contributed by atoms with E-state index in [9.17, 15) is 4.79 Å². The molecule has 128 valence electrons. The standard InChI is InChI=1S/C17H23N5O2/c1-12-3-8-17(23)22(21-12)14-6-4-13(5-7-14)19-15-9-10-18-16(20-15)11-24-2/h3,8-10,13-14H,4-7,11H2,1-2H3,(H,18,19,20). The van der Waals surface area contributed by atoms with Crippen molar-refractivity contribution in [1.82, 2.24) is 19.7 Å². The summed E-state index contributed by atoms with van der Waals surface area (Å²) in [5.74, 6) is 1.50. The van der Waals surface area contributed by atoms with Crippen molar-refractivity contribution in [3.8, 4) is 0 Å². The first-order chi connectivity index (χ1) is 11.7. The number of rotatable bonds is 5. The minimum absolute atomic E-state index is 0.0167. The minimum Gasteiger partial charge on any atom is -0.377 e. The summed E-state index contributed by atoms with van der Waals surface area (Å²) in [7, 11) is 1.63. The molecule has 0 amide bonds. The van der Waals surface area contributed by atoms with E-state index in [1.54, 1.807) is 30.1 Å². The van der Waals surface area contributed by atoms with Crippen LogP contribution >= 0.6 is 0 Å². The number of aromatic nitrogens is 4. The van der Waals surface area contributed by atoms with Crippen LogP contribution in [0.4, 0.5) is 5.82 Å². The van der Waals surface area contributed by atoms with Crippen LogP contribution in [0, 0.1) is 6.92 Å². The predicted molar refractivity (Wildman–Crippen MR) is 90.9 cm³/mol. The molecule has 1 fully saturated rings. The molecule has 0 saturated heterocycles. The van der Waals surface area contributed by atoms with Crippen LogP contribution in [0.15, 0.2) is 29.2 Å². The fourth-order valence-corrected chi connectivity index (χ4v) is 3.13. The molecule has 1 aliphatic carbocycles. The molecule has 0 aliphatic heterocycles. The maximum absolute atomic E-state index is 12.0. The van der Waals surface area contributed by atoms with Crippen LogP contribution in [-0.2, 0) is 11.3 Å². The van der Waals surface area contributed by atoms with Crippen LogP contribution in [0.25, 0.3) is 0 Å². The molecule has 0 aromatic carbocycles. The highest BCUT2D eigenvalue weighted by Crippen LogP contribution is 2.28. The first-order valence-electron chi connectivity index (χ1n) is 8.29. The van der Waals surface area contributed by atoms with Gasteiger partial charge in [0.05, 0.1) is 11.7 Å². The number of hydrogen-bond acceptors (Lipinski definition) is 6. The maximum Gasteiger partial charge on any atom is 0.267 e. The molecule has 2 aromatic heterocycles. The van der Waals surface area contributed by atoms with Gasteiger partial charge in [-0.3, -0.25) is 4.79 Å². The fourth-order valence-electron chi connectivity index (χ4n) is 3.13. The van der Waals surface area contributed by atoms with Crippen LogP contribution in [0.3, 0.4) is 0 Å². The highest BCUT2D eigenvalue weighted by molar-refractivity contribution is 5.34. The van der Waals surface area contributed by atoms with Crippen LogP contribution in [0.5, 0.6) is 0 Å². The van der Waals surface area contributed by atoms with Gasteiger partial charge < -0.3 is 10.1 Å². The Hall–Kier alpha value is -2.28. The minimum atomic E-state index is -0.0167. The van der Waals surface area contributed by atoms with E-state index in [1.165, 1.54) is 0 Å². The van der Waals surface area contributed by atoms with Crippen molar-refractivity contribution in [2.75, 3.05) is 12.4 Å². The average Bonchev–Trinajstić information content (AvgIpc) is 2.59. The average molecular weight is 329 g/mol. The van der Waals surface area contributed by atoms with Crippen LogP contribution < -0.4 is 10.9 Å². The highest BCUT2D eigenvalue weighted by atomic mass is 16.5. The second kappa shape index (κ2) is 7.53. The molecule has 0 bridgehead atoms. The Morgan fingerprint density at radius 3 is 2.79 bits per heavy atom. The van der Waals surface area contributed by atoms with Gasteiger partial charge in [-0.15, -0.1) is 0 Å². The van der Waals surface area contributed by atoms with Gasteiger partial charge in [0.15, 0.2) is 5.82 Å². The molecule has 3 rings (SSSR count). The predicted octanol–water partition coefficient (Wildman–Crippen LogP) is 2.08. The molecule has 0 unspecified atom stereocenters. The van der Waals surface area contributed by atoms with Gasteiger partial charge in [0.2, 0.25) is 0 Å². The molecule has 1 N–H and O–H groups in total. The third-order valence-corrected chi connectivity index (χ3v) is 4.33. The van der Waals surface area contributed by atoms with E-state index in [0.717, 1.165) is 37.2 Å². The molecule has 1 saturated carbocycles. The van der Waals surface area contributed by atoms with Gasteiger partial charge >= 0.3 is 0 Å². The molecule has 1 aliphatic rings. The Kier molecular flexibility index (Phi) is 5.20. The number of nitrogens with zero attached hydrogens (tertiary/aromatic N) is 4. The lowest BCUT2D eigenvalue weighted by Gasteiger charge is -2.29. The summed E-state index contributed by atoms with van der Waals surface area (Å²) in [4.78, 5) is 20.6. The number of hydrogen-bond donors (Lipinski definition) is 1. The van der Waals surface area contributed by atoms with Crippen LogP contribution in [-0.4, -0.2) is 32.9 Å². The Morgan fingerprint density at radius 2 is 2.04 bits per heavy atom. The summed E-state index contributed by atoms with van der Waals surface area (Å²) in [5, 5.41) is 7.85. The molecule has 0 spiro atoms. The Labute approximate surface area is 141 Å². The van der Waals surface area contributed by atoms with Crippen molar-refractivity contribution >= 4 is 5.82 Å². The first-order valence-corrected chi connectivity index (χ1v) is 8.29. The molecule has 7 heteroatoms. The lowest BCUT2D eigenvalue weighted by atomic mass is 9.91. The molecular weight excluding hydrogens is 306 g/mol. The zero-order valence-corrected chi connectivity index (χ0v) is 14.1. The maximum atomic E-state index is 12.0. The van der Waals surface area contributed by atoms with Gasteiger partial charge in [0.1, 0.15) is 12.4 Å². The molecular formula is C17H23N5O2. The first kappa shape index (κ1) is 16.6. The summed E-state index contributed by atoms with van der Waals surface area (Å²) in [5.41, 5.74) is 0.860. The molecule has 7 nitrogen and oxygen atoms in total. The lowest BCUT2D eigenvalue weighted by molar-refractivity contribution is 0.178. The number of aryl methyl sites for hydroxylation is 1. The molecule has 2 heterocycles. The fraction of sp³-hybridized carbons (Fsp3) is 0.529.